The molecular weight excluding hydrogens is 179 g/mol. The molecule has 5 heavy (non-hydrogen) atoms. The molecule has 0 aromatic rings. The Morgan fingerprint density at radius 2 is 1.00 bits per heavy atom. The Morgan fingerprint density at radius 1 is 1.00 bits per heavy atom. The van der Waals surface area contributed by atoms with Crippen molar-refractivity contribution in [2.24, 2.45) is 0 Å². The van der Waals surface area contributed by atoms with Gasteiger partial charge in [0.05, 0.1) is 8.41 Å². The summed E-state index contributed by atoms with van der Waals surface area (Å²) in [6.45, 7) is 0. The molecule has 0 fully saturated rings. The van der Waals surface area contributed by atoms with Gasteiger partial charge in [-0.3, -0.25) is 0 Å². The van der Waals surface area contributed by atoms with Crippen LogP contribution in [0, 0.1) is 0 Å². The number of hydrogen-bond acceptors (Lipinski definition) is 0. The van der Waals surface area contributed by atoms with Gasteiger partial charge in [0.25, 0.3) is 0 Å². The fraction of sp³-hybridized carbons (Fsp3) is 0. The van der Waals surface area contributed by atoms with E-state index in [2.05, 4.69) is 0 Å². The van der Waals surface area contributed by atoms with E-state index in [9.17, 15) is 0 Å². The van der Waals surface area contributed by atoms with E-state index in [-0.39, 0.29) is 77.9 Å². The van der Waals surface area contributed by atoms with E-state index in [1.807, 2.05) is 0 Å². The molecule has 26 valence electrons. The molecule has 0 nitrogen and oxygen atoms in total. The zero-order chi connectivity index (χ0) is 0. The van der Waals surface area contributed by atoms with Crippen molar-refractivity contribution in [1.29, 1.82) is 0 Å². The van der Waals surface area contributed by atoms with Gasteiger partial charge in [0, 0.05) is 41.2 Å². The van der Waals surface area contributed by atoms with Gasteiger partial charge in [0.2, 0.25) is 0 Å². The molecule has 0 aliphatic rings. The van der Waals surface area contributed by atoms with Gasteiger partial charge in [0.15, 0.2) is 17.4 Å². The fourth-order valence-corrected chi connectivity index (χ4v) is 0. The molecule has 0 aromatic carbocycles. The Balaban J connectivity index is 0. The maximum Gasteiger partial charge on any atom is 0.187 e. The van der Waals surface area contributed by atoms with Crippen molar-refractivity contribution in [2.75, 3.05) is 0 Å². The van der Waals surface area contributed by atoms with E-state index in [4.69, 9.17) is 0 Å². The predicted octanol–water partition coefficient (Wildman–Crippen LogP) is -3.82. The summed E-state index contributed by atoms with van der Waals surface area (Å²) in [7, 11) is 0. The average molecular weight is 189 g/mol. The van der Waals surface area contributed by atoms with E-state index in [0.29, 0.717) is 0 Å². The third-order valence-electron chi connectivity index (χ3n) is 0. The number of hydrogen-bond donors (Lipinski definition) is 0. The van der Waals surface area contributed by atoms with Crippen LogP contribution in [-0.2, 0) is 41.2 Å². The Hall–Kier alpha value is 2.15. The Bertz CT molecular complexity index is 11.6. The van der Waals surface area contributed by atoms with Crippen LogP contribution in [0.4, 0.5) is 0 Å². The van der Waals surface area contributed by atoms with Crippen LogP contribution in [-0.4, -0.2) is 36.7 Å². The molecule has 0 aliphatic heterocycles. The van der Waals surface area contributed by atoms with Gasteiger partial charge in [-0.1, -0.05) is 0 Å². The van der Waals surface area contributed by atoms with Gasteiger partial charge in [-0.2, -0.15) is 0 Å². The van der Waals surface area contributed by atoms with E-state index in [0.717, 1.165) is 0 Å². The molecule has 0 radical (unpaired) electrons. The summed E-state index contributed by atoms with van der Waals surface area (Å²) in [5, 5.41) is 0. The van der Waals surface area contributed by atoms with Crippen LogP contribution >= 0.6 is 0 Å². The van der Waals surface area contributed by atoms with Crippen molar-refractivity contribution in [1.82, 2.24) is 0 Å². The van der Waals surface area contributed by atoms with E-state index in [1.54, 1.807) is 0 Å². The summed E-state index contributed by atoms with van der Waals surface area (Å²) < 4.78 is 0. The summed E-state index contributed by atoms with van der Waals surface area (Å²) in [5.74, 6) is 0. The number of rotatable bonds is 0. The maximum atomic E-state index is 0. The Kier molecular flexibility index (Phi) is 412. The van der Waals surface area contributed by atoms with Crippen molar-refractivity contribution < 1.29 is 41.2 Å². The minimum atomic E-state index is 0. The van der Waals surface area contributed by atoms with Crippen molar-refractivity contribution in [3.05, 3.63) is 0 Å². The molecule has 5 heteroatoms. The van der Waals surface area contributed by atoms with Gasteiger partial charge in [-0.15, -0.1) is 0 Å². The first-order valence-corrected chi connectivity index (χ1v) is 0. The molecule has 0 unspecified atom stereocenters. The maximum absolute atomic E-state index is 0. The van der Waals surface area contributed by atoms with Gasteiger partial charge < -0.3 is 0 Å². The molecule has 0 spiro atoms. The van der Waals surface area contributed by atoms with Gasteiger partial charge >= 0.3 is 0 Å². The minimum Gasteiger partial charge on any atom is -0.0149 e. The summed E-state index contributed by atoms with van der Waals surface area (Å²) >= 11 is 0. The molecule has 0 aliphatic carbocycles. The molecule has 0 aromatic heterocycles. The molecule has 0 rings (SSSR count). The topological polar surface area (TPSA) is 0 Å². The molecule has 0 N–H and O–H groups in total. The van der Waals surface area contributed by atoms with E-state index < -0.39 is 0 Å². The van der Waals surface area contributed by atoms with Crippen LogP contribution in [0.5, 0.6) is 0 Å². The quantitative estimate of drug-likeness (QED) is 0.343. The molecule has 0 saturated carbocycles. The zero-order valence-corrected chi connectivity index (χ0v) is 5.74. The second-order valence-corrected chi connectivity index (χ2v) is 0. The molecule has 0 saturated heterocycles. The first-order chi connectivity index (χ1) is 0. The van der Waals surface area contributed by atoms with Crippen LogP contribution in [0.2, 0.25) is 0 Å². The Labute approximate surface area is 77.2 Å². The first-order valence-electron chi connectivity index (χ1n) is 0. The van der Waals surface area contributed by atoms with Crippen molar-refractivity contribution >= 4 is 36.7 Å². The van der Waals surface area contributed by atoms with Gasteiger partial charge in [-0.25, -0.2) is 0 Å². The van der Waals surface area contributed by atoms with Crippen LogP contribution in [0.15, 0.2) is 0 Å². The van der Waals surface area contributed by atoms with Crippen molar-refractivity contribution in [3.8, 4) is 0 Å². The SMILES string of the molecule is B.[AlH3].[SiH4].[Ti].[Zn]. The average Bonchev–Trinajstić information content (AvgIpc) is 0. The molecule has 0 heterocycles. The fourth-order valence-electron chi connectivity index (χ4n) is 0. The van der Waals surface area contributed by atoms with E-state index in [1.165, 1.54) is 0 Å². The second kappa shape index (κ2) is 35.3. The largest absolute Gasteiger partial charge is 0.187 e. The normalized spacial score (nSPS) is 0. The second-order valence-electron chi connectivity index (χ2n) is 0. The van der Waals surface area contributed by atoms with Crippen LogP contribution in [0.1, 0.15) is 0 Å². The van der Waals surface area contributed by atoms with Crippen LogP contribution in [0.25, 0.3) is 0 Å². The Morgan fingerprint density at radius 3 is 1.00 bits per heavy atom. The third kappa shape index (κ3) is 22.9. The summed E-state index contributed by atoms with van der Waals surface area (Å²) in [4.78, 5) is 0. The molecule has 0 atom stereocenters. The predicted molar refractivity (Wildman–Crippen MR) is 31.2 cm³/mol. The minimum absolute atomic E-state index is 0. The van der Waals surface area contributed by atoms with Crippen molar-refractivity contribution in [2.45, 2.75) is 0 Å². The van der Waals surface area contributed by atoms with Gasteiger partial charge in [0.1, 0.15) is 0 Å². The van der Waals surface area contributed by atoms with Crippen molar-refractivity contribution in [3.63, 3.8) is 0 Å². The summed E-state index contributed by atoms with van der Waals surface area (Å²) in [6.07, 6.45) is 0. The summed E-state index contributed by atoms with van der Waals surface area (Å²) in [5.41, 5.74) is 0. The summed E-state index contributed by atoms with van der Waals surface area (Å²) in [6, 6.07) is 0. The smallest absolute Gasteiger partial charge is 0.0149 e. The molecular formula is H10AlBSiTiZn. The third-order valence-corrected chi connectivity index (χ3v) is 0. The zero-order valence-electron chi connectivity index (χ0n) is 1.21. The van der Waals surface area contributed by atoms with E-state index >= 15 is 0 Å². The molecule has 0 amide bonds. The molecule has 0 bridgehead atoms. The van der Waals surface area contributed by atoms with Gasteiger partial charge in [-0.05, 0) is 11.0 Å². The monoisotopic (exact) mass is 188 g/mol. The van der Waals surface area contributed by atoms with Crippen LogP contribution in [0.3, 0.4) is 0 Å². The van der Waals surface area contributed by atoms with Crippen LogP contribution < -0.4 is 0 Å². The standard InChI is InChI=1S/Al.BH3.H4Si.Ti.Zn.3H/h;1H3;1H4;;;;;. The first kappa shape index (κ1) is 58.5.